The number of hydrogen-bond donors (Lipinski definition) is 4. The summed E-state index contributed by atoms with van der Waals surface area (Å²) < 4.78 is 0. The van der Waals surface area contributed by atoms with E-state index in [4.69, 9.17) is 20.4 Å². The highest BCUT2D eigenvalue weighted by Crippen LogP contribution is 2.11. The number of unbranched alkanes of at least 4 members (excludes halogenated alkanes) is 11. The van der Waals surface area contributed by atoms with Crippen LogP contribution in [0.5, 0.6) is 0 Å². The normalized spacial score (nSPS) is 10.6. The van der Waals surface area contributed by atoms with Crippen molar-refractivity contribution in [2.24, 2.45) is 0 Å². The van der Waals surface area contributed by atoms with Crippen LogP contribution in [-0.2, 0) is 19.2 Å². The van der Waals surface area contributed by atoms with Crippen molar-refractivity contribution in [3.8, 4) is 0 Å². The third-order valence-electron chi connectivity index (χ3n) is 7.12. The molecule has 0 aromatic rings. The van der Waals surface area contributed by atoms with Crippen LogP contribution in [0.15, 0.2) is 0 Å². The Morgan fingerprint density at radius 1 is 0.341 bits per heavy atom. The molecule has 262 valence electrons. The molecule has 0 aliphatic rings. The summed E-state index contributed by atoms with van der Waals surface area (Å²) >= 11 is 0. The lowest BCUT2D eigenvalue weighted by molar-refractivity contribution is -0.143. The first-order valence-electron chi connectivity index (χ1n) is 17.4. The standard InChI is InChI=1S/C26H56N2.2C4H6O4/c1-5-9-21-27(22-10-6-2)25-19-17-15-13-14-16-18-20-26-28(23-11-7-3)24-12-8-4;2*5-3(6)1-2-4(7)8/h5-26H2,1-4H3;2*1-2H2,(H,5,6)(H,7,8). The minimum absolute atomic E-state index is 0.296. The zero-order chi connectivity index (χ0) is 33.8. The molecular formula is C34H68N2O8. The maximum absolute atomic E-state index is 9.64. The summed E-state index contributed by atoms with van der Waals surface area (Å²) in [5.74, 6) is -4.31. The van der Waals surface area contributed by atoms with Crippen LogP contribution in [0.1, 0.15) is 156 Å². The van der Waals surface area contributed by atoms with Crippen molar-refractivity contribution >= 4 is 23.9 Å². The highest BCUT2D eigenvalue weighted by molar-refractivity contribution is 5.75. The number of nitrogens with zero attached hydrogens (tertiary/aromatic N) is 2. The van der Waals surface area contributed by atoms with Gasteiger partial charge in [-0.15, -0.1) is 0 Å². The number of rotatable bonds is 29. The van der Waals surface area contributed by atoms with Gasteiger partial charge in [0.2, 0.25) is 0 Å². The Bertz CT molecular complexity index is 576. The molecule has 4 N–H and O–H groups in total. The van der Waals surface area contributed by atoms with Crippen LogP contribution >= 0.6 is 0 Å². The van der Waals surface area contributed by atoms with E-state index in [0.29, 0.717) is 0 Å². The summed E-state index contributed by atoms with van der Waals surface area (Å²) in [5, 5.41) is 31.6. The Labute approximate surface area is 268 Å². The van der Waals surface area contributed by atoms with Gasteiger partial charge >= 0.3 is 23.9 Å². The molecule has 44 heavy (non-hydrogen) atoms. The smallest absolute Gasteiger partial charge is 0.303 e. The summed E-state index contributed by atoms with van der Waals surface area (Å²) in [6.45, 7) is 17.2. The summed E-state index contributed by atoms with van der Waals surface area (Å²) in [4.78, 5) is 44.0. The summed E-state index contributed by atoms with van der Waals surface area (Å²) in [6, 6.07) is 0. The molecule has 10 heteroatoms. The van der Waals surface area contributed by atoms with Gasteiger partial charge in [0.15, 0.2) is 0 Å². The average Bonchev–Trinajstić information content (AvgIpc) is 2.98. The topological polar surface area (TPSA) is 156 Å². The van der Waals surface area contributed by atoms with Crippen molar-refractivity contribution in [2.75, 3.05) is 39.3 Å². The van der Waals surface area contributed by atoms with Gasteiger partial charge in [-0.3, -0.25) is 19.2 Å². The van der Waals surface area contributed by atoms with Gasteiger partial charge in [0, 0.05) is 0 Å². The predicted molar refractivity (Wildman–Crippen MR) is 178 cm³/mol. The fourth-order valence-corrected chi connectivity index (χ4v) is 4.36. The number of carbonyl (C=O) groups is 4. The molecule has 0 spiro atoms. The van der Waals surface area contributed by atoms with Crippen LogP contribution in [0, 0.1) is 0 Å². The monoisotopic (exact) mass is 632 g/mol. The highest BCUT2D eigenvalue weighted by Gasteiger charge is 2.05. The Morgan fingerprint density at radius 3 is 0.705 bits per heavy atom. The second kappa shape index (κ2) is 37.0. The van der Waals surface area contributed by atoms with Gasteiger partial charge in [0.05, 0.1) is 25.7 Å². The molecule has 0 aromatic heterocycles. The number of aliphatic carboxylic acids is 4. The van der Waals surface area contributed by atoms with Gasteiger partial charge in [0.25, 0.3) is 0 Å². The van der Waals surface area contributed by atoms with Crippen LogP contribution in [0.3, 0.4) is 0 Å². The van der Waals surface area contributed by atoms with E-state index in [1.807, 2.05) is 0 Å². The molecule has 0 radical (unpaired) electrons. The largest absolute Gasteiger partial charge is 0.481 e. The predicted octanol–water partition coefficient (Wildman–Crippen LogP) is 7.78. The maximum atomic E-state index is 9.64. The Balaban J connectivity index is -0.000000851. The Kier molecular flexibility index (Phi) is 38.9. The van der Waals surface area contributed by atoms with Gasteiger partial charge in [-0.05, 0) is 77.8 Å². The lowest BCUT2D eigenvalue weighted by Gasteiger charge is -2.22. The first kappa shape index (κ1) is 46.2. The maximum Gasteiger partial charge on any atom is 0.303 e. The molecule has 10 nitrogen and oxygen atoms in total. The molecule has 0 heterocycles. The third kappa shape index (κ3) is 44.2. The molecular weight excluding hydrogens is 564 g/mol. The summed E-state index contributed by atoms with van der Waals surface area (Å²) in [5.41, 5.74) is 0. The molecule has 0 fully saturated rings. The van der Waals surface area contributed by atoms with E-state index in [1.165, 1.54) is 142 Å². The first-order valence-corrected chi connectivity index (χ1v) is 17.4. The molecule has 0 aromatic carbocycles. The molecule has 0 aliphatic carbocycles. The minimum Gasteiger partial charge on any atom is -0.481 e. The van der Waals surface area contributed by atoms with E-state index >= 15 is 0 Å². The molecule has 0 saturated carbocycles. The second-order valence-corrected chi connectivity index (χ2v) is 11.5. The van der Waals surface area contributed by atoms with Crippen molar-refractivity contribution in [1.82, 2.24) is 9.80 Å². The van der Waals surface area contributed by atoms with Crippen LogP contribution in [0.25, 0.3) is 0 Å². The van der Waals surface area contributed by atoms with Gasteiger partial charge in [-0.25, -0.2) is 0 Å². The lowest BCUT2D eigenvalue weighted by Crippen LogP contribution is -2.27. The quantitative estimate of drug-likeness (QED) is 0.0600. The first-order chi connectivity index (χ1) is 21.0. The fourth-order valence-electron chi connectivity index (χ4n) is 4.36. The zero-order valence-electron chi connectivity index (χ0n) is 28.7. The van der Waals surface area contributed by atoms with Gasteiger partial charge in [0.1, 0.15) is 0 Å². The van der Waals surface area contributed by atoms with Gasteiger partial charge in [-0.1, -0.05) is 91.9 Å². The number of hydrogen-bond acceptors (Lipinski definition) is 6. The van der Waals surface area contributed by atoms with Crippen LogP contribution in [-0.4, -0.2) is 93.4 Å². The minimum atomic E-state index is -1.08. The van der Waals surface area contributed by atoms with Crippen LogP contribution in [0.4, 0.5) is 0 Å². The Hall–Kier alpha value is -2.20. The van der Waals surface area contributed by atoms with Crippen molar-refractivity contribution < 1.29 is 39.6 Å². The van der Waals surface area contributed by atoms with E-state index in [9.17, 15) is 19.2 Å². The van der Waals surface area contributed by atoms with E-state index < -0.39 is 23.9 Å². The van der Waals surface area contributed by atoms with Gasteiger partial charge < -0.3 is 30.2 Å². The summed E-state index contributed by atoms with van der Waals surface area (Å²) in [7, 11) is 0. The molecule has 0 bridgehead atoms. The van der Waals surface area contributed by atoms with E-state index in [-0.39, 0.29) is 25.7 Å². The number of carboxylic acids is 4. The van der Waals surface area contributed by atoms with Crippen molar-refractivity contribution in [3.63, 3.8) is 0 Å². The van der Waals surface area contributed by atoms with E-state index in [0.717, 1.165) is 0 Å². The summed E-state index contributed by atoms with van der Waals surface area (Å²) in [6.07, 6.45) is 21.2. The number of carboxylic acid groups (broad SMARTS) is 4. The highest BCUT2D eigenvalue weighted by atomic mass is 16.4. The second-order valence-electron chi connectivity index (χ2n) is 11.5. The van der Waals surface area contributed by atoms with Crippen molar-refractivity contribution in [1.29, 1.82) is 0 Å². The molecule has 0 rings (SSSR count). The van der Waals surface area contributed by atoms with Gasteiger partial charge in [-0.2, -0.15) is 0 Å². The van der Waals surface area contributed by atoms with Crippen molar-refractivity contribution in [3.05, 3.63) is 0 Å². The fraction of sp³-hybridized carbons (Fsp3) is 0.882. The van der Waals surface area contributed by atoms with E-state index in [1.54, 1.807) is 0 Å². The van der Waals surface area contributed by atoms with E-state index in [2.05, 4.69) is 37.5 Å². The molecule has 0 saturated heterocycles. The third-order valence-corrected chi connectivity index (χ3v) is 7.12. The molecule has 0 unspecified atom stereocenters. The molecule has 0 atom stereocenters. The zero-order valence-corrected chi connectivity index (χ0v) is 28.7. The molecule has 0 amide bonds. The van der Waals surface area contributed by atoms with Crippen LogP contribution < -0.4 is 0 Å². The SMILES string of the molecule is CCCCN(CCCC)CCCCCCCCCCN(CCCC)CCCC.O=C(O)CCC(=O)O.O=C(O)CCC(=O)O. The van der Waals surface area contributed by atoms with Crippen molar-refractivity contribution in [2.45, 2.75) is 156 Å². The lowest BCUT2D eigenvalue weighted by atomic mass is 10.1. The average molecular weight is 633 g/mol. The molecule has 0 aliphatic heterocycles. The Morgan fingerprint density at radius 2 is 0.523 bits per heavy atom. The van der Waals surface area contributed by atoms with Crippen LogP contribution in [0.2, 0.25) is 0 Å².